The van der Waals surface area contributed by atoms with Crippen molar-refractivity contribution >= 4 is 23.2 Å². The van der Waals surface area contributed by atoms with Crippen LogP contribution in [0.3, 0.4) is 0 Å². The zero-order valence-electron chi connectivity index (χ0n) is 20.5. The van der Waals surface area contributed by atoms with Gasteiger partial charge in [0.05, 0.1) is 5.69 Å². The van der Waals surface area contributed by atoms with Gasteiger partial charge >= 0.3 is 0 Å². The van der Waals surface area contributed by atoms with Gasteiger partial charge in [-0.2, -0.15) is 4.68 Å². The van der Waals surface area contributed by atoms with Crippen molar-refractivity contribution < 1.29 is 8.81 Å². The van der Waals surface area contributed by atoms with Gasteiger partial charge in [0.1, 0.15) is 18.2 Å². The van der Waals surface area contributed by atoms with Gasteiger partial charge in [-0.05, 0) is 82.2 Å². The summed E-state index contributed by atoms with van der Waals surface area (Å²) < 4.78 is 22.6. The molecule has 1 unspecified atom stereocenters. The Morgan fingerprint density at radius 3 is 2.38 bits per heavy atom. The van der Waals surface area contributed by atoms with Crippen LogP contribution in [-0.4, -0.2) is 35.0 Å². The van der Waals surface area contributed by atoms with E-state index in [0.29, 0.717) is 38.8 Å². The van der Waals surface area contributed by atoms with Crippen LogP contribution in [-0.2, 0) is 6.42 Å². The minimum absolute atomic E-state index is 0.223. The molecule has 0 radical (unpaired) electrons. The lowest BCUT2D eigenvalue weighted by atomic mass is 10.0. The van der Waals surface area contributed by atoms with Crippen LogP contribution in [0.25, 0.3) is 28.3 Å². The first-order chi connectivity index (χ1) is 19.4. The average molecular weight is 574 g/mol. The van der Waals surface area contributed by atoms with Crippen molar-refractivity contribution in [1.82, 2.24) is 35.0 Å². The summed E-state index contributed by atoms with van der Waals surface area (Å²) in [6, 6.07) is 20.9. The highest BCUT2D eigenvalue weighted by atomic mass is 35.5. The van der Waals surface area contributed by atoms with Crippen molar-refractivity contribution in [2.45, 2.75) is 12.5 Å². The predicted molar refractivity (Wildman–Crippen MR) is 147 cm³/mol. The van der Waals surface area contributed by atoms with Crippen molar-refractivity contribution in [2.75, 3.05) is 0 Å². The molecule has 0 spiro atoms. The third kappa shape index (κ3) is 5.27. The normalized spacial score (nSPS) is 12.0. The number of hydrogen-bond acceptors (Lipinski definition) is 7. The summed E-state index contributed by atoms with van der Waals surface area (Å²) in [5.41, 5.74) is 3.08. The zero-order chi connectivity index (χ0) is 27.6. The van der Waals surface area contributed by atoms with Gasteiger partial charge < -0.3 is 8.98 Å². The first-order valence-corrected chi connectivity index (χ1v) is 12.8. The smallest absolute Gasteiger partial charge is 0.251 e. The van der Waals surface area contributed by atoms with Crippen LogP contribution in [0.5, 0.6) is 0 Å². The van der Waals surface area contributed by atoms with Crippen LogP contribution in [0.4, 0.5) is 4.39 Å². The standard InChI is InChI=1S/C28H18Cl2FN7O2/c29-20-5-3-18(4-6-20)27-33-34-28(40-27)25(13-17-1-8-22(31)9-2-17)37-12-11-19(14-26(37)39)23-15-21(30)7-10-24(23)38-16-32-35-36-38/h1-12,14-16,25H,13H2. The van der Waals surface area contributed by atoms with Crippen molar-refractivity contribution in [3.05, 3.63) is 129 Å². The van der Waals surface area contributed by atoms with E-state index in [2.05, 4.69) is 25.7 Å². The molecular weight excluding hydrogens is 556 g/mol. The van der Waals surface area contributed by atoms with Crippen LogP contribution in [0.1, 0.15) is 17.5 Å². The Balaban J connectivity index is 1.41. The van der Waals surface area contributed by atoms with Crippen LogP contribution < -0.4 is 5.56 Å². The summed E-state index contributed by atoms with van der Waals surface area (Å²) in [6.45, 7) is 0. The fraction of sp³-hybridized carbons (Fsp3) is 0.0714. The number of nitrogens with zero attached hydrogens (tertiary/aromatic N) is 7. The number of halogens is 3. The predicted octanol–water partition coefficient (Wildman–Crippen LogP) is 5.82. The third-order valence-corrected chi connectivity index (χ3v) is 6.80. The molecule has 40 heavy (non-hydrogen) atoms. The molecule has 0 bridgehead atoms. The van der Waals surface area contributed by atoms with Crippen LogP contribution in [0, 0.1) is 5.82 Å². The van der Waals surface area contributed by atoms with Gasteiger partial charge in [0.15, 0.2) is 0 Å². The summed E-state index contributed by atoms with van der Waals surface area (Å²) in [7, 11) is 0. The van der Waals surface area contributed by atoms with Gasteiger partial charge in [-0.25, -0.2) is 4.39 Å². The Bertz CT molecular complexity index is 1840. The topological polar surface area (TPSA) is 105 Å². The molecule has 0 saturated heterocycles. The van der Waals surface area contributed by atoms with Crippen molar-refractivity contribution in [1.29, 1.82) is 0 Å². The van der Waals surface area contributed by atoms with E-state index >= 15 is 0 Å². The Hall–Kier alpha value is -4.67. The lowest BCUT2D eigenvalue weighted by Gasteiger charge is -2.18. The number of tetrazole rings is 1. The molecule has 0 amide bonds. The van der Waals surface area contributed by atoms with Gasteiger partial charge in [-0.15, -0.1) is 15.3 Å². The van der Waals surface area contributed by atoms with E-state index in [1.165, 1.54) is 33.8 Å². The molecule has 3 aromatic heterocycles. The second-order valence-electron chi connectivity index (χ2n) is 8.88. The molecule has 1 atom stereocenters. The molecule has 0 aliphatic carbocycles. The zero-order valence-corrected chi connectivity index (χ0v) is 22.0. The molecule has 0 fully saturated rings. The minimum atomic E-state index is -0.668. The van der Waals surface area contributed by atoms with E-state index in [4.69, 9.17) is 27.6 Å². The van der Waals surface area contributed by atoms with E-state index in [1.807, 2.05) is 0 Å². The Kier molecular flexibility index (Phi) is 6.93. The van der Waals surface area contributed by atoms with Gasteiger partial charge in [0.2, 0.25) is 11.8 Å². The van der Waals surface area contributed by atoms with Crippen LogP contribution >= 0.6 is 23.2 Å². The number of rotatable bonds is 7. The number of aromatic nitrogens is 7. The molecule has 9 nitrogen and oxygen atoms in total. The largest absolute Gasteiger partial charge is 0.418 e. The molecule has 0 aliphatic rings. The quantitative estimate of drug-likeness (QED) is 0.237. The molecule has 0 saturated carbocycles. The monoisotopic (exact) mass is 573 g/mol. The van der Waals surface area contributed by atoms with E-state index in [0.717, 1.165) is 5.56 Å². The van der Waals surface area contributed by atoms with Crippen molar-refractivity contribution in [3.8, 4) is 28.3 Å². The number of pyridine rings is 1. The molecular formula is C28H18Cl2FN7O2. The summed E-state index contributed by atoms with van der Waals surface area (Å²) in [5, 5.41) is 20.9. The lowest BCUT2D eigenvalue weighted by Crippen LogP contribution is -2.26. The first kappa shape index (κ1) is 25.6. The fourth-order valence-corrected chi connectivity index (χ4v) is 4.65. The molecule has 3 aromatic carbocycles. The molecule has 12 heteroatoms. The average Bonchev–Trinajstić information content (AvgIpc) is 3.67. The van der Waals surface area contributed by atoms with E-state index in [1.54, 1.807) is 66.9 Å². The maximum Gasteiger partial charge on any atom is 0.251 e. The van der Waals surface area contributed by atoms with Gasteiger partial charge in [-0.1, -0.05) is 35.3 Å². The summed E-state index contributed by atoms with van der Waals surface area (Å²) in [4.78, 5) is 13.6. The third-order valence-electron chi connectivity index (χ3n) is 6.31. The number of hydrogen-bond donors (Lipinski definition) is 0. The molecule has 6 aromatic rings. The number of benzene rings is 3. The van der Waals surface area contributed by atoms with Gasteiger partial charge in [-0.3, -0.25) is 4.79 Å². The molecule has 6 rings (SSSR count). The summed E-state index contributed by atoms with van der Waals surface area (Å²) >= 11 is 12.3. The minimum Gasteiger partial charge on any atom is -0.418 e. The van der Waals surface area contributed by atoms with Gasteiger partial charge in [0.25, 0.3) is 5.56 Å². The van der Waals surface area contributed by atoms with Crippen molar-refractivity contribution in [3.63, 3.8) is 0 Å². The fourth-order valence-electron chi connectivity index (χ4n) is 4.35. The van der Waals surface area contributed by atoms with Crippen molar-refractivity contribution in [2.24, 2.45) is 0 Å². The van der Waals surface area contributed by atoms with Gasteiger partial charge in [0, 0.05) is 39.9 Å². The highest BCUT2D eigenvalue weighted by Crippen LogP contribution is 2.30. The molecule has 0 aliphatic heterocycles. The van der Waals surface area contributed by atoms with Crippen LogP contribution in [0.2, 0.25) is 10.0 Å². The van der Waals surface area contributed by atoms with E-state index in [-0.39, 0.29) is 23.2 Å². The highest BCUT2D eigenvalue weighted by Gasteiger charge is 2.24. The van der Waals surface area contributed by atoms with Crippen LogP contribution in [0.15, 0.2) is 101 Å². The molecule has 198 valence electrons. The van der Waals surface area contributed by atoms with E-state index < -0.39 is 6.04 Å². The molecule has 3 heterocycles. The first-order valence-electron chi connectivity index (χ1n) is 12.0. The molecule has 0 N–H and O–H groups in total. The van der Waals surface area contributed by atoms with E-state index in [9.17, 15) is 9.18 Å². The highest BCUT2D eigenvalue weighted by molar-refractivity contribution is 6.31. The summed E-state index contributed by atoms with van der Waals surface area (Å²) in [6.07, 6.45) is 3.41. The Labute approximate surface area is 236 Å². The summed E-state index contributed by atoms with van der Waals surface area (Å²) in [5.74, 6) is 0.149. The second-order valence-corrected chi connectivity index (χ2v) is 9.75. The SMILES string of the molecule is O=c1cc(-c2cc(Cl)ccc2-n2cnnn2)ccn1C(Cc1ccc(F)cc1)c1nnc(-c2ccc(Cl)cc2)o1. The maximum atomic E-state index is 13.6. The Morgan fingerprint density at radius 1 is 0.875 bits per heavy atom. The maximum absolute atomic E-state index is 13.6. The Morgan fingerprint density at radius 2 is 1.65 bits per heavy atom. The lowest BCUT2D eigenvalue weighted by molar-refractivity contribution is 0.410. The second kappa shape index (κ2) is 10.8.